The summed E-state index contributed by atoms with van der Waals surface area (Å²) in [7, 11) is 0. The van der Waals surface area contributed by atoms with Gasteiger partial charge in [0.15, 0.2) is 0 Å². The van der Waals surface area contributed by atoms with Gasteiger partial charge in [-0.15, -0.1) is 0 Å². The quantitative estimate of drug-likeness (QED) is 0.644. The lowest BCUT2D eigenvalue weighted by Crippen LogP contribution is -2.01. The van der Waals surface area contributed by atoms with Crippen molar-refractivity contribution in [3.8, 4) is 5.75 Å². The van der Waals surface area contributed by atoms with E-state index in [9.17, 15) is 9.90 Å². The Balaban J connectivity index is 2.44. The molecule has 2 rings (SSSR count). The van der Waals surface area contributed by atoms with Crippen LogP contribution in [0.15, 0.2) is 42.5 Å². The molecule has 0 aliphatic carbocycles. The summed E-state index contributed by atoms with van der Waals surface area (Å²) >= 11 is 5.94. The fourth-order valence-electron chi connectivity index (χ4n) is 2.17. The predicted molar refractivity (Wildman–Crippen MR) is 89.3 cm³/mol. The minimum Gasteiger partial charge on any atom is -0.494 e. The third kappa shape index (κ3) is 3.89. The molecule has 2 aromatic carbocycles. The molecule has 4 heteroatoms. The molecular weight excluding hydrogens is 300 g/mol. The summed E-state index contributed by atoms with van der Waals surface area (Å²) in [6.07, 6.45) is 1.61. The molecule has 0 atom stereocenters. The van der Waals surface area contributed by atoms with Crippen LogP contribution in [0.2, 0.25) is 5.02 Å². The topological polar surface area (TPSA) is 46.5 Å². The van der Waals surface area contributed by atoms with Gasteiger partial charge >= 0.3 is 5.97 Å². The number of aryl methyl sites for hydroxylation is 1. The Kier molecular flexibility index (Phi) is 5.23. The third-order valence-corrected chi connectivity index (χ3v) is 3.41. The Morgan fingerprint density at radius 2 is 2.05 bits per heavy atom. The highest BCUT2D eigenvalue weighted by Gasteiger charge is 2.12. The largest absolute Gasteiger partial charge is 0.494 e. The number of carboxylic acids is 1. The van der Waals surface area contributed by atoms with Crippen LogP contribution in [0.25, 0.3) is 11.6 Å². The lowest BCUT2D eigenvalue weighted by atomic mass is 10.0. The number of carbonyl (C=O) groups is 1. The Morgan fingerprint density at radius 3 is 2.64 bits per heavy atom. The zero-order chi connectivity index (χ0) is 16.1. The normalized spacial score (nSPS) is 11.3. The van der Waals surface area contributed by atoms with Crippen molar-refractivity contribution in [2.75, 3.05) is 6.61 Å². The molecule has 0 heterocycles. The molecule has 0 saturated heterocycles. The molecule has 0 unspecified atom stereocenters. The first kappa shape index (κ1) is 16.1. The molecule has 0 fully saturated rings. The monoisotopic (exact) mass is 316 g/mol. The van der Waals surface area contributed by atoms with Crippen LogP contribution in [0.4, 0.5) is 0 Å². The van der Waals surface area contributed by atoms with E-state index < -0.39 is 5.97 Å². The average molecular weight is 317 g/mol. The Labute approximate surface area is 134 Å². The summed E-state index contributed by atoms with van der Waals surface area (Å²) in [4.78, 5) is 11.6. The highest BCUT2D eigenvalue weighted by atomic mass is 35.5. The van der Waals surface area contributed by atoms with Crippen LogP contribution in [0.1, 0.15) is 23.6 Å². The van der Waals surface area contributed by atoms with E-state index in [4.69, 9.17) is 16.3 Å². The highest BCUT2D eigenvalue weighted by Crippen LogP contribution is 2.26. The summed E-state index contributed by atoms with van der Waals surface area (Å²) in [6.45, 7) is 4.38. The van der Waals surface area contributed by atoms with Gasteiger partial charge in [-0.3, -0.25) is 0 Å². The molecule has 0 spiro atoms. The number of hydrogen-bond acceptors (Lipinski definition) is 2. The highest BCUT2D eigenvalue weighted by molar-refractivity contribution is 6.30. The lowest BCUT2D eigenvalue weighted by molar-refractivity contribution is -0.130. The smallest absolute Gasteiger partial charge is 0.336 e. The molecule has 0 bridgehead atoms. The van der Waals surface area contributed by atoms with E-state index in [1.165, 1.54) is 0 Å². The molecule has 0 saturated carbocycles. The van der Waals surface area contributed by atoms with E-state index in [2.05, 4.69) is 0 Å². The second-order valence-electron chi connectivity index (χ2n) is 4.83. The first-order valence-electron chi connectivity index (χ1n) is 6.95. The molecule has 0 aliphatic heterocycles. The van der Waals surface area contributed by atoms with Crippen molar-refractivity contribution in [2.45, 2.75) is 13.8 Å². The van der Waals surface area contributed by atoms with Crippen LogP contribution >= 0.6 is 11.6 Å². The van der Waals surface area contributed by atoms with Crippen molar-refractivity contribution < 1.29 is 14.6 Å². The van der Waals surface area contributed by atoms with E-state index in [1.807, 2.05) is 26.0 Å². The summed E-state index contributed by atoms with van der Waals surface area (Å²) in [5.74, 6) is -0.220. The fourth-order valence-corrected chi connectivity index (χ4v) is 2.36. The number of ether oxygens (including phenoxy) is 1. The van der Waals surface area contributed by atoms with Gasteiger partial charge in [0.05, 0.1) is 12.2 Å². The summed E-state index contributed by atoms with van der Waals surface area (Å²) in [5.41, 5.74) is 2.50. The molecule has 1 N–H and O–H groups in total. The van der Waals surface area contributed by atoms with Gasteiger partial charge in [-0.05, 0) is 60.9 Å². The molecule has 114 valence electrons. The second-order valence-corrected chi connectivity index (χ2v) is 5.27. The fraction of sp³-hybridized carbons (Fsp3) is 0.167. The third-order valence-electron chi connectivity index (χ3n) is 3.18. The van der Waals surface area contributed by atoms with E-state index >= 15 is 0 Å². The van der Waals surface area contributed by atoms with Gasteiger partial charge in [-0.2, -0.15) is 0 Å². The standard InChI is InChI=1S/C18H17ClO3/c1-3-22-17-8-7-14(9-12(17)2)16(18(20)21)11-13-5-4-6-15(19)10-13/h4-11H,3H2,1-2H3,(H,20,21)/b16-11-. The molecule has 3 nitrogen and oxygen atoms in total. The number of carboxylic acid groups (broad SMARTS) is 1. The zero-order valence-corrected chi connectivity index (χ0v) is 13.2. The number of halogens is 1. The van der Waals surface area contributed by atoms with Crippen LogP contribution in [0.5, 0.6) is 5.75 Å². The number of benzene rings is 2. The van der Waals surface area contributed by atoms with Crippen molar-refractivity contribution in [1.82, 2.24) is 0 Å². The molecule has 2 aromatic rings. The van der Waals surface area contributed by atoms with E-state index in [1.54, 1.807) is 36.4 Å². The van der Waals surface area contributed by atoms with Gasteiger partial charge in [-0.25, -0.2) is 4.79 Å². The van der Waals surface area contributed by atoms with Gasteiger partial charge in [0.2, 0.25) is 0 Å². The van der Waals surface area contributed by atoms with Crippen molar-refractivity contribution in [2.24, 2.45) is 0 Å². The van der Waals surface area contributed by atoms with Crippen LogP contribution in [0.3, 0.4) is 0 Å². The van der Waals surface area contributed by atoms with Gasteiger partial charge in [-0.1, -0.05) is 29.8 Å². The van der Waals surface area contributed by atoms with Crippen molar-refractivity contribution >= 4 is 29.2 Å². The zero-order valence-electron chi connectivity index (χ0n) is 12.5. The molecule has 22 heavy (non-hydrogen) atoms. The average Bonchev–Trinajstić information content (AvgIpc) is 2.47. The maximum absolute atomic E-state index is 11.6. The SMILES string of the molecule is CCOc1ccc(/C(=C/c2cccc(Cl)c2)C(=O)O)cc1C. The Bertz CT molecular complexity index is 720. The van der Waals surface area contributed by atoms with Crippen molar-refractivity contribution in [3.05, 3.63) is 64.2 Å². The van der Waals surface area contributed by atoms with Crippen LogP contribution in [-0.4, -0.2) is 17.7 Å². The van der Waals surface area contributed by atoms with E-state index in [-0.39, 0.29) is 5.57 Å². The molecular formula is C18H17ClO3. The van der Waals surface area contributed by atoms with Crippen molar-refractivity contribution in [1.29, 1.82) is 0 Å². The Hall–Kier alpha value is -2.26. The number of hydrogen-bond donors (Lipinski definition) is 1. The molecule has 0 aromatic heterocycles. The van der Waals surface area contributed by atoms with Gasteiger partial charge < -0.3 is 9.84 Å². The molecule has 0 aliphatic rings. The summed E-state index contributed by atoms with van der Waals surface area (Å²) < 4.78 is 5.48. The van der Waals surface area contributed by atoms with Crippen LogP contribution in [-0.2, 0) is 4.79 Å². The van der Waals surface area contributed by atoms with E-state index in [0.29, 0.717) is 17.2 Å². The predicted octanol–water partition coefficient (Wildman–Crippen LogP) is 4.67. The van der Waals surface area contributed by atoms with Crippen molar-refractivity contribution in [3.63, 3.8) is 0 Å². The van der Waals surface area contributed by atoms with Gasteiger partial charge in [0.25, 0.3) is 0 Å². The molecule has 0 radical (unpaired) electrons. The van der Waals surface area contributed by atoms with Gasteiger partial charge in [0, 0.05) is 5.02 Å². The summed E-state index contributed by atoms with van der Waals surface area (Å²) in [5, 5.41) is 10.1. The first-order chi connectivity index (χ1) is 10.5. The lowest BCUT2D eigenvalue weighted by Gasteiger charge is -2.10. The maximum Gasteiger partial charge on any atom is 0.336 e. The second kappa shape index (κ2) is 7.14. The molecule has 0 amide bonds. The van der Waals surface area contributed by atoms with Crippen LogP contribution in [0, 0.1) is 6.92 Å². The van der Waals surface area contributed by atoms with Crippen LogP contribution < -0.4 is 4.74 Å². The Morgan fingerprint density at radius 1 is 1.27 bits per heavy atom. The number of rotatable bonds is 5. The van der Waals surface area contributed by atoms with Gasteiger partial charge in [0.1, 0.15) is 5.75 Å². The number of aliphatic carboxylic acids is 1. The van der Waals surface area contributed by atoms with E-state index in [0.717, 1.165) is 16.9 Å². The maximum atomic E-state index is 11.6. The summed E-state index contributed by atoms with van der Waals surface area (Å²) in [6, 6.07) is 12.4. The minimum atomic E-state index is -0.983. The minimum absolute atomic E-state index is 0.216. The first-order valence-corrected chi connectivity index (χ1v) is 7.33.